The Hall–Kier alpha value is -1.82. The Morgan fingerprint density at radius 2 is 1.72 bits per heavy atom. The zero-order chi connectivity index (χ0) is 18.3. The van der Waals surface area contributed by atoms with Crippen molar-refractivity contribution in [1.29, 1.82) is 0 Å². The molecule has 1 amide bonds. The van der Waals surface area contributed by atoms with Crippen LogP contribution in [0.1, 0.15) is 44.1 Å². The van der Waals surface area contributed by atoms with E-state index in [1.807, 2.05) is 0 Å². The van der Waals surface area contributed by atoms with Crippen LogP contribution in [-0.2, 0) is 11.0 Å². The Kier molecular flexibility index (Phi) is 4.43. The van der Waals surface area contributed by atoms with Crippen LogP contribution in [0.15, 0.2) is 36.9 Å². The van der Waals surface area contributed by atoms with Gasteiger partial charge in [-0.1, -0.05) is 6.08 Å². The first kappa shape index (κ1) is 18.0. The second-order valence-corrected chi connectivity index (χ2v) is 7.25. The van der Waals surface area contributed by atoms with Crippen LogP contribution in [0, 0.1) is 5.41 Å². The van der Waals surface area contributed by atoms with Crippen molar-refractivity contribution in [2.24, 2.45) is 5.41 Å². The van der Waals surface area contributed by atoms with Gasteiger partial charge in [0.05, 0.1) is 16.6 Å². The molecule has 2 fully saturated rings. The predicted octanol–water partition coefficient (Wildman–Crippen LogP) is 4.31. The molecule has 1 saturated carbocycles. The highest BCUT2D eigenvalue weighted by atomic mass is 19.4. The van der Waals surface area contributed by atoms with Gasteiger partial charge in [0.2, 0.25) is 5.91 Å². The normalized spacial score (nSPS) is 30.1. The number of rotatable bonds is 3. The van der Waals surface area contributed by atoms with Gasteiger partial charge in [0.15, 0.2) is 0 Å². The third-order valence-corrected chi connectivity index (χ3v) is 5.68. The van der Waals surface area contributed by atoms with Crippen molar-refractivity contribution >= 4 is 11.6 Å². The maximum absolute atomic E-state index is 12.9. The molecule has 1 aromatic rings. The van der Waals surface area contributed by atoms with Crippen LogP contribution < -0.4 is 4.90 Å². The van der Waals surface area contributed by atoms with E-state index in [0.717, 1.165) is 12.1 Å². The summed E-state index contributed by atoms with van der Waals surface area (Å²) < 4.78 is 38.1. The van der Waals surface area contributed by atoms with Gasteiger partial charge in [-0.2, -0.15) is 13.2 Å². The minimum Gasteiger partial charge on any atom is -0.390 e. The van der Waals surface area contributed by atoms with Crippen LogP contribution in [0.3, 0.4) is 0 Å². The fourth-order valence-corrected chi connectivity index (χ4v) is 4.03. The Labute approximate surface area is 145 Å². The SMILES string of the molecule is C=CCC1(O)CCC2(CCN(c3ccc(C(F)(F)F)cc3)C2=O)CC1. The topological polar surface area (TPSA) is 40.5 Å². The molecule has 1 heterocycles. The summed E-state index contributed by atoms with van der Waals surface area (Å²) in [5, 5.41) is 10.5. The minimum absolute atomic E-state index is 0.0343. The molecule has 3 rings (SSSR count). The van der Waals surface area contributed by atoms with Crippen molar-refractivity contribution in [3.05, 3.63) is 42.5 Å². The lowest BCUT2D eigenvalue weighted by Crippen LogP contribution is -2.43. The molecule has 6 heteroatoms. The maximum atomic E-state index is 12.9. The van der Waals surface area contributed by atoms with Crippen LogP contribution in [0.5, 0.6) is 0 Å². The van der Waals surface area contributed by atoms with E-state index in [9.17, 15) is 23.1 Å². The van der Waals surface area contributed by atoms with E-state index >= 15 is 0 Å². The molecule has 1 saturated heterocycles. The molecule has 0 atom stereocenters. The summed E-state index contributed by atoms with van der Waals surface area (Å²) in [6, 6.07) is 4.74. The van der Waals surface area contributed by atoms with Crippen molar-refractivity contribution in [3.63, 3.8) is 0 Å². The molecule has 0 bridgehead atoms. The Balaban J connectivity index is 1.73. The average molecular weight is 353 g/mol. The number of amides is 1. The highest BCUT2D eigenvalue weighted by Gasteiger charge is 2.51. The number of anilines is 1. The van der Waals surface area contributed by atoms with Crippen LogP contribution >= 0.6 is 0 Å². The molecular formula is C19H22F3NO2. The van der Waals surface area contributed by atoms with E-state index < -0.39 is 22.8 Å². The molecule has 1 aliphatic heterocycles. The molecule has 1 aliphatic carbocycles. The molecule has 2 aliphatic rings. The number of carbonyl (C=O) groups is 1. The lowest BCUT2D eigenvalue weighted by atomic mass is 9.67. The smallest absolute Gasteiger partial charge is 0.390 e. The predicted molar refractivity (Wildman–Crippen MR) is 89.1 cm³/mol. The second-order valence-electron chi connectivity index (χ2n) is 7.25. The first-order chi connectivity index (χ1) is 11.7. The standard InChI is InChI=1S/C19H22F3NO2/c1-2-7-18(25)10-8-17(9-11-18)12-13-23(16(17)24)15-5-3-14(4-6-15)19(20,21)22/h2-6,25H,1,7-13H2. The second kappa shape index (κ2) is 6.16. The Bertz CT molecular complexity index is 658. The Morgan fingerprint density at radius 3 is 2.24 bits per heavy atom. The van der Waals surface area contributed by atoms with Gasteiger partial charge >= 0.3 is 6.18 Å². The molecule has 0 aromatic heterocycles. The van der Waals surface area contributed by atoms with Gasteiger partial charge in [-0.05, 0) is 62.8 Å². The van der Waals surface area contributed by atoms with Gasteiger partial charge < -0.3 is 10.0 Å². The van der Waals surface area contributed by atoms with Gasteiger partial charge in [-0.15, -0.1) is 6.58 Å². The number of benzene rings is 1. The molecule has 3 nitrogen and oxygen atoms in total. The zero-order valence-corrected chi connectivity index (χ0v) is 14.0. The fourth-order valence-electron chi connectivity index (χ4n) is 4.03. The van der Waals surface area contributed by atoms with Gasteiger partial charge in [0.1, 0.15) is 0 Å². The van der Waals surface area contributed by atoms with E-state index in [4.69, 9.17) is 0 Å². The number of hydrogen-bond acceptors (Lipinski definition) is 2. The summed E-state index contributed by atoms with van der Waals surface area (Å²) in [6.07, 6.45) is 0.811. The van der Waals surface area contributed by atoms with E-state index in [-0.39, 0.29) is 5.91 Å². The highest BCUT2D eigenvalue weighted by Crippen LogP contribution is 2.49. The summed E-state index contributed by atoms with van der Waals surface area (Å²) in [5.41, 5.74) is -1.49. The van der Waals surface area contributed by atoms with Crippen LogP contribution in [0.4, 0.5) is 18.9 Å². The van der Waals surface area contributed by atoms with Crippen molar-refractivity contribution in [2.75, 3.05) is 11.4 Å². The number of halogens is 3. The molecule has 136 valence electrons. The highest BCUT2D eigenvalue weighted by molar-refractivity contribution is 6.00. The van der Waals surface area contributed by atoms with Crippen molar-refractivity contribution in [3.8, 4) is 0 Å². The van der Waals surface area contributed by atoms with Crippen molar-refractivity contribution in [2.45, 2.75) is 50.3 Å². The van der Waals surface area contributed by atoms with E-state index in [2.05, 4.69) is 6.58 Å². The summed E-state index contributed by atoms with van der Waals surface area (Å²) >= 11 is 0. The van der Waals surface area contributed by atoms with Gasteiger partial charge in [0.25, 0.3) is 0 Å². The summed E-state index contributed by atoms with van der Waals surface area (Å²) in [5.74, 6) is -0.0343. The van der Waals surface area contributed by atoms with E-state index in [1.165, 1.54) is 12.1 Å². The third kappa shape index (κ3) is 3.32. The number of hydrogen-bond donors (Lipinski definition) is 1. The lowest BCUT2D eigenvalue weighted by Gasteiger charge is -2.40. The fraction of sp³-hybridized carbons (Fsp3) is 0.526. The monoisotopic (exact) mass is 353 g/mol. The molecule has 0 unspecified atom stereocenters. The van der Waals surface area contributed by atoms with Crippen LogP contribution in [-0.4, -0.2) is 23.2 Å². The molecule has 1 spiro atoms. The summed E-state index contributed by atoms with van der Waals surface area (Å²) in [7, 11) is 0. The summed E-state index contributed by atoms with van der Waals surface area (Å²) in [6.45, 7) is 4.17. The largest absolute Gasteiger partial charge is 0.416 e. The van der Waals surface area contributed by atoms with E-state index in [1.54, 1.807) is 11.0 Å². The van der Waals surface area contributed by atoms with Gasteiger partial charge in [-0.3, -0.25) is 4.79 Å². The first-order valence-corrected chi connectivity index (χ1v) is 8.52. The lowest BCUT2D eigenvalue weighted by molar-refractivity contribution is -0.137. The molecule has 1 N–H and O–H groups in total. The zero-order valence-electron chi connectivity index (χ0n) is 14.0. The molecule has 0 radical (unpaired) electrons. The number of nitrogens with zero attached hydrogens (tertiary/aromatic N) is 1. The van der Waals surface area contributed by atoms with Gasteiger partial charge in [0, 0.05) is 12.2 Å². The molecular weight excluding hydrogens is 331 g/mol. The van der Waals surface area contributed by atoms with Crippen LogP contribution in [0.2, 0.25) is 0 Å². The number of carbonyl (C=O) groups excluding carboxylic acids is 1. The van der Waals surface area contributed by atoms with Crippen LogP contribution in [0.25, 0.3) is 0 Å². The maximum Gasteiger partial charge on any atom is 0.416 e. The third-order valence-electron chi connectivity index (χ3n) is 5.68. The van der Waals surface area contributed by atoms with Gasteiger partial charge in [-0.25, -0.2) is 0 Å². The number of aliphatic hydroxyl groups is 1. The average Bonchev–Trinajstić information content (AvgIpc) is 2.87. The Morgan fingerprint density at radius 1 is 1.12 bits per heavy atom. The first-order valence-electron chi connectivity index (χ1n) is 8.52. The quantitative estimate of drug-likeness (QED) is 0.823. The summed E-state index contributed by atoms with van der Waals surface area (Å²) in [4.78, 5) is 14.5. The van der Waals surface area contributed by atoms with E-state index in [0.29, 0.717) is 50.8 Å². The molecule has 1 aromatic carbocycles. The number of alkyl halides is 3. The van der Waals surface area contributed by atoms with Crippen molar-refractivity contribution in [1.82, 2.24) is 0 Å². The molecule has 25 heavy (non-hydrogen) atoms. The minimum atomic E-state index is -4.38. The van der Waals surface area contributed by atoms with Crippen molar-refractivity contribution < 1.29 is 23.1 Å².